The van der Waals surface area contributed by atoms with Crippen LogP contribution in [0.3, 0.4) is 0 Å². The average Bonchev–Trinajstić information content (AvgIpc) is 3.41. The van der Waals surface area contributed by atoms with E-state index in [0.29, 0.717) is 23.3 Å². The van der Waals surface area contributed by atoms with Crippen molar-refractivity contribution >= 4 is 28.6 Å². The molecule has 1 fully saturated rings. The number of nitrogens with one attached hydrogen (secondary N) is 1. The first-order valence-corrected chi connectivity index (χ1v) is 9.80. The SMILES string of the molecule is COCCO[C@@H]1/C(=N/O)[C@@H](CO)O[C@H]1n1cnc2c(NC(=O)c3ccccc3)ncnc21. The van der Waals surface area contributed by atoms with Crippen LogP contribution in [0.15, 0.2) is 48.1 Å². The fourth-order valence-electron chi connectivity index (χ4n) is 3.43. The van der Waals surface area contributed by atoms with Gasteiger partial charge in [-0.15, -0.1) is 0 Å². The highest BCUT2D eigenvalue weighted by atomic mass is 16.6. The predicted molar refractivity (Wildman–Crippen MR) is 112 cm³/mol. The van der Waals surface area contributed by atoms with Crippen molar-refractivity contribution in [1.29, 1.82) is 0 Å². The highest BCUT2D eigenvalue weighted by Gasteiger charge is 2.44. The number of hydrogen-bond donors (Lipinski definition) is 3. The van der Waals surface area contributed by atoms with Gasteiger partial charge in [0, 0.05) is 12.7 Å². The van der Waals surface area contributed by atoms with Gasteiger partial charge in [0.15, 0.2) is 23.2 Å². The van der Waals surface area contributed by atoms with Gasteiger partial charge in [0.1, 0.15) is 24.2 Å². The number of rotatable bonds is 8. The molecule has 2 aromatic heterocycles. The second-order valence-corrected chi connectivity index (χ2v) is 6.87. The predicted octanol–water partition coefficient (Wildman–Crippen LogP) is 0.830. The largest absolute Gasteiger partial charge is 0.411 e. The Morgan fingerprint density at radius 2 is 2.06 bits per heavy atom. The zero-order chi connectivity index (χ0) is 22.5. The van der Waals surface area contributed by atoms with Gasteiger partial charge < -0.3 is 29.8 Å². The molecule has 0 aliphatic carbocycles. The topological polar surface area (TPSA) is 153 Å². The fraction of sp³-hybridized carbons (Fsp3) is 0.350. The highest BCUT2D eigenvalue weighted by molar-refractivity contribution is 6.06. The fourth-order valence-corrected chi connectivity index (χ4v) is 3.43. The van der Waals surface area contributed by atoms with Gasteiger partial charge >= 0.3 is 0 Å². The molecule has 12 heteroatoms. The summed E-state index contributed by atoms with van der Waals surface area (Å²) in [6.07, 6.45) is 0.244. The third-order valence-electron chi connectivity index (χ3n) is 4.95. The molecule has 0 saturated carbocycles. The lowest BCUT2D eigenvalue weighted by atomic mass is 10.1. The van der Waals surface area contributed by atoms with E-state index in [0.717, 1.165) is 0 Å². The van der Waals surface area contributed by atoms with Gasteiger partial charge in [0.2, 0.25) is 0 Å². The lowest BCUT2D eigenvalue weighted by Crippen LogP contribution is -2.32. The second kappa shape index (κ2) is 9.78. The third kappa shape index (κ3) is 4.16. The van der Waals surface area contributed by atoms with Gasteiger partial charge in [-0.3, -0.25) is 9.36 Å². The first kappa shape index (κ1) is 21.8. The van der Waals surface area contributed by atoms with Crippen molar-refractivity contribution in [3.8, 4) is 0 Å². The van der Waals surface area contributed by atoms with Crippen molar-refractivity contribution in [1.82, 2.24) is 19.5 Å². The van der Waals surface area contributed by atoms with Crippen LogP contribution in [0.25, 0.3) is 11.2 Å². The molecule has 0 spiro atoms. The third-order valence-corrected chi connectivity index (χ3v) is 4.95. The number of ether oxygens (including phenoxy) is 3. The monoisotopic (exact) mass is 442 g/mol. The number of aliphatic hydroxyl groups is 1. The highest BCUT2D eigenvalue weighted by Crippen LogP contribution is 2.32. The van der Waals surface area contributed by atoms with E-state index in [-0.39, 0.29) is 24.0 Å². The molecule has 12 nitrogen and oxygen atoms in total. The van der Waals surface area contributed by atoms with Crippen molar-refractivity contribution in [2.45, 2.75) is 18.4 Å². The molecular weight excluding hydrogens is 420 g/mol. The number of hydrogen-bond acceptors (Lipinski definition) is 10. The molecule has 0 bridgehead atoms. The normalized spacial score (nSPS) is 21.9. The standard InChI is InChI=1S/C20H22N6O6/c1-30-7-8-31-16-14(25-29)13(9-27)32-20(16)26-11-23-15-17(21-10-22-18(15)26)24-19(28)12-5-3-2-4-6-12/h2-6,10-11,13,16,20,27,29H,7-9H2,1H3,(H,21,22,24,28)/b25-14+/t13-,16-,20-/m1/s1. The summed E-state index contributed by atoms with van der Waals surface area (Å²) in [5, 5.41) is 25.1. The number of imidazole rings is 1. The Labute approximate surface area is 182 Å². The number of methoxy groups -OCH3 is 1. The molecular formula is C20H22N6O6. The smallest absolute Gasteiger partial charge is 0.256 e. The molecule has 0 radical (unpaired) electrons. The number of aromatic nitrogens is 4. The van der Waals surface area contributed by atoms with Crippen molar-refractivity contribution in [2.75, 3.05) is 32.2 Å². The number of anilines is 1. The minimum atomic E-state index is -0.867. The Hall–Kier alpha value is -3.45. The number of carbonyl (C=O) groups is 1. The van der Waals surface area contributed by atoms with Crippen LogP contribution in [-0.2, 0) is 14.2 Å². The Morgan fingerprint density at radius 3 is 2.78 bits per heavy atom. The van der Waals surface area contributed by atoms with Crippen molar-refractivity contribution in [3.63, 3.8) is 0 Å². The summed E-state index contributed by atoms with van der Waals surface area (Å²) in [7, 11) is 1.54. The van der Waals surface area contributed by atoms with Crippen LogP contribution in [0.4, 0.5) is 5.82 Å². The van der Waals surface area contributed by atoms with Crippen LogP contribution in [0.5, 0.6) is 0 Å². The van der Waals surface area contributed by atoms with E-state index in [2.05, 4.69) is 25.4 Å². The molecule has 3 atom stereocenters. The molecule has 1 saturated heterocycles. The summed E-state index contributed by atoms with van der Waals surface area (Å²) < 4.78 is 18.3. The van der Waals surface area contributed by atoms with Crippen LogP contribution in [0.1, 0.15) is 16.6 Å². The molecule has 1 amide bonds. The van der Waals surface area contributed by atoms with E-state index in [1.54, 1.807) is 28.8 Å². The molecule has 3 aromatic rings. The Balaban J connectivity index is 1.65. The Kier molecular flexibility index (Phi) is 6.66. The van der Waals surface area contributed by atoms with Crippen LogP contribution < -0.4 is 5.32 Å². The summed E-state index contributed by atoms with van der Waals surface area (Å²) in [4.78, 5) is 25.3. The molecule has 3 N–H and O–H groups in total. The van der Waals surface area contributed by atoms with Gasteiger partial charge in [0.25, 0.3) is 5.91 Å². The average molecular weight is 442 g/mol. The second-order valence-electron chi connectivity index (χ2n) is 6.87. The Morgan fingerprint density at radius 1 is 1.25 bits per heavy atom. The minimum absolute atomic E-state index is 0.141. The number of oxime groups is 1. The molecule has 1 aliphatic heterocycles. The molecule has 0 unspecified atom stereocenters. The maximum atomic E-state index is 12.5. The molecule has 3 heterocycles. The molecule has 1 aromatic carbocycles. The minimum Gasteiger partial charge on any atom is -0.411 e. The molecule has 32 heavy (non-hydrogen) atoms. The van der Waals surface area contributed by atoms with Gasteiger partial charge in [-0.05, 0) is 12.1 Å². The van der Waals surface area contributed by atoms with Crippen LogP contribution >= 0.6 is 0 Å². The lowest BCUT2D eigenvalue weighted by molar-refractivity contribution is -0.0742. The summed E-state index contributed by atoms with van der Waals surface area (Å²) in [5.74, 6) is -0.111. The van der Waals surface area contributed by atoms with Crippen LogP contribution in [-0.4, -0.2) is 80.6 Å². The number of carbonyl (C=O) groups excluding carboxylic acids is 1. The number of benzene rings is 1. The summed E-state index contributed by atoms with van der Waals surface area (Å²) in [6, 6.07) is 8.71. The summed E-state index contributed by atoms with van der Waals surface area (Å²) in [5.41, 5.74) is 1.32. The maximum absolute atomic E-state index is 12.5. The molecule has 1 aliphatic rings. The zero-order valence-electron chi connectivity index (χ0n) is 17.2. The van der Waals surface area contributed by atoms with Crippen LogP contribution in [0.2, 0.25) is 0 Å². The molecule has 4 rings (SSSR count). The summed E-state index contributed by atoms with van der Waals surface area (Å²) >= 11 is 0. The first-order valence-electron chi connectivity index (χ1n) is 9.80. The van der Waals surface area contributed by atoms with Gasteiger partial charge in [0.05, 0.1) is 26.1 Å². The molecule has 168 valence electrons. The maximum Gasteiger partial charge on any atom is 0.256 e. The van der Waals surface area contributed by atoms with E-state index in [4.69, 9.17) is 14.2 Å². The first-order chi connectivity index (χ1) is 15.7. The van der Waals surface area contributed by atoms with Crippen molar-refractivity contribution in [2.24, 2.45) is 5.16 Å². The van der Waals surface area contributed by atoms with E-state index in [1.807, 2.05) is 6.07 Å². The lowest BCUT2D eigenvalue weighted by Gasteiger charge is -2.20. The van der Waals surface area contributed by atoms with Crippen LogP contribution in [0, 0.1) is 0 Å². The quantitative estimate of drug-likeness (QED) is 0.261. The van der Waals surface area contributed by atoms with Crippen molar-refractivity contribution < 1.29 is 29.3 Å². The summed E-state index contributed by atoms with van der Waals surface area (Å²) in [6.45, 7) is 0.118. The number of aliphatic hydroxyl groups excluding tert-OH is 1. The van der Waals surface area contributed by atoms with Crippen molar-refractivity contribution in [3.05, 3.63) is 48.5 Å². The number of nitrogens with zero attached hydrogens (tertiary/aromatic N) is 5. The zero-order valence-corrected chi connectivity index (χ0v) is 17.2. The van der Waals surface area contributed by atoms with E-state index in [9.17, 15) is 15.1 Å². The van der Waals surface area contributed by atoms with Gasteiger partial charge in [-0.1, -0.05) is 23.4 Å². The van der Waals surface area contributed by atoms with Gasteiger partial charge in [-0.25, -0.2) is 15.0 Å². The van der Waals surface area contributed by atoms with E-state index >= 15 is 0 Å². The van der Waals surface area contributed by atoms with Gasteiger partial charge in [-0.2, -0.15) is 0 Å². The van der Waals surface area contributed by atoms with E-state index < -0.39 is 25.0 Å². The number of fused-ring (bicyclic) bond motifs is 1. The Bertz CT molecular complexity index is 1100. The number of amides is 1. The van der Waals surface area contributed by atoms with E-state index in [1.165, 1.54) is 19.8 Å².